The second kappa shape index (κ2) is 9.40. The Balaban J connectivity index is 1.33. The largest absolute Gasteiger partial charge is 0.372 e. The van der Waals surface area contributed by atoms with Crippen LogP contribution in [0.3, 0.4) is 0 Å². The van der Waals surface area contributed by atoms with Crippen molar-refractivity contribution in [1.29, 1.82) is 0 Å². The normalized spacial score (nSPS) is 22.5. The van der Waals surface area contributed by atoms with Gasteiger partial charge >= 0.3 is 0 Å². The van der Waals surface area contributed by atoms with Crippen LogP contribution in [0.15, 0.2) is 36.5 Å². The minimum absolute atomic E-state index is 0.0523. The van der Waals surface area contributed by atoms with Crippen molar-refractivity contribution in [3.63, 3.8) is 0 Å². The molecule has 0 aliphatic carbocycles. The second-order valence-corrected chi connectivity index (χ2v) is 8.85. The Labute approximate surface area is 187 Å². The molecule has 0 bridgehead atoms. The van der Waals surface area contributed by atoms with Gasteiger partial charge in [-0.05, 0) is 57.0 Å². The highest BCUT2D eigenvalue weighted by Gasteiger charge is 2.27. The number of ether oxygens (including phenoxy) is 1. The fourth-order valence-electron chi connectivity index (χ4n) is 4.39. The van der Waals surface area contributed by atoms with Gasteiger partial charge in [-0.2, -0.15) is 0 Å². The van der Waals surface area contributed by atoms with Gasteiger partial charge < -0.3 is 19.9 Å². The van der Waals surface area contributed by atoms with E-state index in [0.29, 0.717) is 29.5 Å². The number of nitrogens with zero attached hydrogens (tertiary/aromatic N) is 3. The molecule has 1 aromatic heterocycles. The molecule has 6 nitrogen and oxygen atoms in total. The van der Waals surface area contributed by atoms with E-state index in [1.165, 1.54) is 6.07 Å². The van der Waals surface area contributed by atoms with Gasteiger partial charge in [-0.15, -0.1) is 0 Å². The van der Waals surface area contributed by atoms with Gasteiger partial charge in [0.2, 0.25) is 5.91 Å². The Kier molecular flexibility index (Phi) is 6.62. The van der Waals surface area contributed by atoms with Crippen LogP contribution in [0, 0.1) is 11.7 Å². The molecule has 1 N–H and O–H groups in total. The number of hydrogen-bond acceptors (Lipinski definition) is 5. The fourth-order valence-corrected chi connectivity index (χ4v) is 4.50. The summed E-state index contributed by atoms with van der Waals surface area (Å²) in [4.78, 5) is 21.2. The van der Waals surface area contributed by atoms with Crippen molar-refractivity contribution in [3.05, 3.63) is 47.4 Å². The molecule has 0 spiro atoms. The molecule has 2 fully saturated rings. The number of carbonyl (C=O) groups excluding carboxylic acids is 1. The summed E-state index contributed by atoms with van der Waals surface area (Å²) in [5.41, 5.74) is 1.03. The number of anilines is 3. The van der Waals surface area contributed by atoms with Crippen LogP contribution < -0.4 is 15.1 Å². The van der Waals surface area contributed by atoms with Gasteiger partial charge in [0.15, 0.2) is 0 Å². The van der Waals surface area contributed by atoms with E-state index in [2.05, 4.69) is 15.2 Å². The van der Waals surface area contributed by atoms with E-state index < -0.39 is 0 Å². The summed E-state index contributed by atoms with van der Waals surface area (Å²) in [5.74, 6) is 0.368. The number of benzene rings is 1. The maximum Gasteiger partial charge on any atom is 0.227 e. The van der Waals surface area contributed by atoms with Crippen LogP contribution in [0.4, 0.5) is 21.6 Å². The van der Waals surface area contributed by atoms with Crippen molar-refractivity contribution in [2.75, 3.05) is 41.3 Å². The minimum atomic E-state index is -0.331. The molecular weight excluding hydrogens is 419 g/mol. The molecule has 166 valence electrons. The molecule has 8 heteroatoms. The van der Waals surface area contributed by atoms with Crippen LogP contribution in [0.1, 0.15) is 26.7 Å². The third-order valence-corrected chi connectivity index (χ3v) is 6.10. The third kappa shape index (κ3) is 5.28. The first-order valence-electron chi connectivity index (χ1n) is 10.8. The highest BCUT2D eigenvalue weighted by atomic mass is 35.5. The van der Waals surface area contributed by atoms with Crippen molar-refractivity contribution < 1.29 is 13.9 Å². The van der Waals surface area contributed by atoms with E-state index in [-0.39, 0.29) is 29.9 Å². The Morgan fingerprint density at radius 1 is 1.13 bits per heavy atom. The van der Waals surface area contributed by atoms with Gasteiger partial charge in [-0.1, -0.05) is 11.6 Å². The van der Waals surface area contributed by atoms with Gasteiger partial charge in [0.1, 0.15) is 11.6 Å². The summed E-state index contributed by atoms with van der Waals surface area (Å²) in [6.07, 6.45) is 3.18. The standard InChI is InChI=1S/C23H28ClFN4O2/c1-15-13-29(14-16(2)31-15)21-5-4-19(11-20(21)25)27-23(30)17-7-9-28(10-8-17)22-6-3-18(24)12-26-22/h3-6,11-12,15-17H,7-10,13-14H2,1-2H3,(H,27,30)/t15-,16-/m1/s1. The zero-order valence-corrected chi connectivity index (χ0v) is 18.6. The van der Waals surface area contributed by atoms with Crippen LogP contribution in [0.25, 0.3) is 0 Å². The number of aromatic nitrogens is 1. The van der Waals surface area contributed by atoms with Crippen molar-refractivity contribution in [2.24, 2.45) is 5.92 Å². The lowest BCUT2D eigenvalue weighted by Gasteiger charge is -2.37. The first-order chi connectivity index (χ1) is 14.9. The lowest BCUT2D eigenvalue weighted by molar-refractivity contribution is -0.120. The van der Waals surface area contributed by atoms with E-state index in [9.17, 15) is 9.18 Å². The number of pyridine rings is 1. The Hall–Kier alpha value is -2.38. The predicted molar refractivity (Wildman–Crippen MR) is 121 cm³/mol. The van der Waals surface area contributed by atoms with Crippen LogP contribution in [0.2, 0.25) is 5.02 Å². The number of rotatable bonds is 4. The molecule has 2 aliphatic heterocycles. The maximum absolute atomic E-state index is 14.8. The number of piperidine rings is 1. The molecule has 2 aliphatic rings. The molecule has 1 aromatic carbocycles. The molecule has 31 heavy (non-hydrogen) atoms. The Morgan fingerprint density at radius 3 is 2.45 bits per heavy atom. The summed E-state index contributed by atoms with van der Waals surface area (Å²) >= 11 is 5.90. The highest BCUT2D eigenvalue weighted by molar-refractivity contribution is 6.30. The van der Waals surface area contributed by atoms with Crippen molar-refractivity contribution in [2.45, 2.75) is 38.9 Å². The molecule has 0 unspecified atom stereocenters. The van der Waals surface area contributed by atoms with Crippen LogP contribution in [-0.4, -0.2) is 49.3 Å². The van der Waals surface area contributed by atoms with Crippen LogP contribution in [-0.2, 0) is 9.53 Å². The van der Waals surface area contributed by atoms with E-state index in [0.717, 1.165) is 31.7 Å². The smallest absolute Gasteiger partial charge is 0.227 e. The van der Waals surface area contributed by atoms with Gasteiger partial charge in [-0.3, -0.25) is 4.79 Å². The van der Waals surface area contributed by atoms with Gasteiger partial charge in [0, 0.05) is 44.0 Å². The number of morpholine rings is 1. The van der Waals surface area contributed by atoms with E-state index >= 15 is 0 Å². The molecule has 4 rings (SSSR count). The summed E-state index contributed by atoms with van der Waals surface area (Å²) in [6, 6.07) is 8.63. The van der Waals surface area contributed by atoms with E-state index in [4.69, 9.17) is 16.3 Å². The monoisotopic (exact) mass is 446 g/mol. The summed E-state index contributed by atoms with van der Waals surface area (Å²) in [7, 11) is 0. The van der Waals surface area contributed by atoms with E-state index in [1.54, 1.807) is 18.3 Å². The first kappa shape index (κ1) is 21.8. The topological polar surface area (TPSA) is 57.7 Å². The molecule has 0 saturated carbocycles. The molecule has 2 aromatic rings. The van der Waals surface area contributed by atoms with Gasteiger partial charge in [0.25, 0.3) is 0 Å². The average molecular weight is 447 g/mol. The zero-order valence-electron chi connectivity index (χ0n) is 17.9. The SMILES string of the molecule is C[C@@H]1CN(c2ccc(NC(=O)C3CCN(c4ccc(Cl)cn4)CC3)cc2F)C[C@@H](C)O1. The molecule has 2 atom stereocenters. The Morgan fingerprint density at radius 2 is 1.84 bits per heavy atom. The predicted octanol–water partition coefficient (Wildman–Crippen LogP) is 4.34. The number of hydrogen-bond donors (Lipinski definition) is 1. The van der Waals surface area contributed by atoms with Crippen LogP contribution in [0.5, 0.6) is 0 Å². The number of amides is 1. The fraction of sp³-hybridized carbons (Fsp3) is 0.478. The number of carbonyl (C=O) groups is 1. The molecule has 2 saturated heterocycles. The van der Waals surface area contributed by atoms with Crippen molar-refractivity contribution in [3.8, 4) is 0 Å². The number of halogens is 2. The van der Waals surface area contributed by atoms with Crippen LogP contribution >= 0.6 is 11.6 Å². The Bertz CT molecular complexity index is 908. The average Bonchev–Trinajstić information content (AvgIpc) is 2.74. The third-order valence-electron chi connectivity index (χ3n) is 5.88. The molecule has 3 heterocycles. The van der Waals surface area contributed by atoms with Gasteiger partial charge in [-0.25, -0.2) is 9.37 Å². The summed E-state index contributed by atoms with van der Waals surface area (Å²) in [5, 5.41) is 3.49. The van der Waals surface area contributed by atoms with E-state index in [1.807, 2.05) is 30.9 Å². The molecule has 1 amide bonds. The molecule has 0 radical (unpaired) electrons. The quantitative estimate of drug-likeness (QED) is 0.757. The van der Waals surface area contributed by atoms with Crippen molar-refractivity contribution in [1.82, 2.24) is 4.98 Å². The zero-order chi connectivity index (χ0) is 22.0. The summed E-state index contributed by atoms with van der Waals surface area (Å²) in [6.45, 7) is 6.76. The molecular formula is C23H28ClFN4O2. The lowest BCUT2D eigenvalue weighted by atomic mass is 9.95. The highest BCUT2D eigenvalue weighted by Crippen LogP contribution is 2.28. The second-order valence-electron chi connectivity index (χ2n) is 8.41. The minimum Gasteiger partial charge on any atom is -0.372 e. The number of nitrogens with one attached hydrogen (secondary N) is 1. The van der Waals surface area contributed by atoms with Gasteiger partial charge in [0.05, 0.1) is 22.9 Å². The summed E-state index contributed by atoms with van der Waals surface area (Å²) < 4.78 is 20.5. The lowest BCUT2D eigenvalue weighted by Crippen LogP contribution is -2.45. The van der Waals surface area contributed by atoms with Crippen molar-refractivity contribution >= 4 is 34.7 Å². The maximum atomic E-state index is 14.8. The first-order valence-corrected chi connectivity index (χ1v) is 11.1.